The summed E-state index contributed by atoms with van der Waals surface area (Å²) in [6, 6.07) is 14.3. The van der Waals surface area contributed by atoms with Crippen molar-refractivity contribution in [2.24, 2.45) is 0 Å². The Hall–Kier alpha value is -2.03. The zero-order valence-corrected chi connectivity index (χ0v) is 8.50. The third kappa shape index (κ3) is 4.13. The molecule has 1 N–H and O–H groups in total. The van der Waals surface area contributed by atoms with Gasteiger partial charge in [0, 0.05) is 25.0 Å². The molecule has 0 fully saturated rings. The highest BCUT2D eigenvalue weighted by molar-refractivity contribution is 5.62. The lowest BCUT2D eigenvalue weighted by molar-refractivity contribution is -0.134. The summed E-state index contributed by atoms with van der Waals surface area (Å²) in [5.74, 6) is -0.833. The molecule has 1 aromatic heterocycles. The number of hydrogen-bond acceptors (Lipinski definition) is 1. The number of aliphatic carboxylic acids is 1. The van der Waals surface area contributed by atoms with Crippen LogP contribution in [-0.4, -0.2) is 15.6 Å². The molecule has 3 heteroatoms. The van der Waals surface area contributed by atoms with Crippen molar-refractivity contribution in [2.75, 3.05) is 0 Å². The average molecular weight is 203 g/mol. The van der Waals surface area contributed by atoms with Crippen LogP contribution in [0.25, 0.3) is 5.69 Å². The molecule has 0 aliphatic rings. The lowest BCUT2D eigenvalue weighted by Gasteiger charge is -1.99. The zero-order chi connectivity index (χ0) is 11.1. The van der Waals surface area contributed by atoms with Gasteiger partial charge in [0.1, 0.15) is 0 Å². The van der Waals surface area contributed by atoms with Gasteiger partial charge in [-0.25, -0.2) is 0 Å². The van der Waals surface area contributed by atoms with Gasteiger partial charge in [0.25, 0.3) is 5.97 Å². The molecule has 0 aliphatic carbocycles. The summed E-state index contributed by atoms with van der Waals surface area (Å²) in [5, 5.41) is 7.42. The Morgan fingerprint density at radius 3 is 2.00 bits per heavy atom. The smallest absolute Gasteiger partial charge is 0.300 e. The van der Waals surface area contributed by atoms with E-state index in [0.29, 0.717) is 0 Å². The first kappa shape index (κ1) is 11.0. The van der Waals surface area contributed by atoms with Crippen LogP contribution in [0.2, 0.25) is 0 Å². The number of hydrogen-bond donors (Lipinski definition) is 1. The summed E-state index contributed by atoms with van der Waals surface area (Å²) < 4.78 is 2.08. The van der Waals surface area contributed by atoms with E-state index in [1.807, 2.05) is 42.7 Å². The number of rotatable bonds is 1. The molecule has 1 heterocycles. The minimum atomic E-state index is -0.833. The zero-order valence-electron chi connectivity index (χ0n) is 8.50. The molecule has 0 saturated heterocycles. The predicted octanol–water partition coefficient (Wildman–Crippen LogP) is 2.57. The van der Waals surface area contributed by atoms with Gasteiger partial charge in [-0.3, -0.25) is 4.79 Å². The van der Waals surface area contributed by atoms with Gasteiger partial charge in [-0.2, -0.15) is 0 Å². The molecule has 0 radical (unpaired) electrons. The van der Waals surface area contributed by atoms with E-state index >= 15 is 0 Å². The SMILES string of the molecule is CC(=O)O.c1ccc(-n2cccc2)cc1. The summed E-state index contributed by atoms with van der Waals surface area (Å²) >= 11 is 0. The number of aromatic nitrogens is 1. The second-order valence-corrected chi connectivity index (χ2v) is 2.94. The second-order valence-electron chi connectivity index (χ2n) is 2.94. The maximum atomic E-state index is 9.00. The molecule has 1 aromatic carbocycles. The summed E-state index contributed by atoms with van der Waals surface area (Å²) in [4.78, 5) is 9.00. The van der Waals surface area contributed by atoms with Crippen LogP contribution in [0.15, 0.2) is 54.9 Å². The van der Waals surface area contributed by atoms with Crippen molar-refractivity contribution < 1.29 is 9.90 Å². The van der Waals surface area contributed by atoms with Crippen molar-refractivity contribution in [3.63, 3.8) is 0 Å². The molecule has 0 bridgehead atoms. The number of carboxylic acid groups (broad SMARTS) is 1. The minimum Gasteiger partial charge on any atom is -0.481 e. The van der Waals surface area contributed by atoms with E-state index < -0.39 is 5.97 Å². The molecule has 0 aliphatic heterocycles. The van der Waals surface area contributed by atoms with E-state index in [1.165, 1.54) is 5.69 Å². The summed E-state index contributed by atoms with van der Waals surface area (Å²) in [6.45, 7) is 1.08. The number of nitrogens with zero attached hydrogens (tertiary/aromatic N) is 1. The standard InChI is InChI=1S/C10H9N.C2H4O2/c1-2-6-10(7-3-1)11-8-4-5-9-11;1-2(3)4/h1-9H;1H3,(H,3,4). The van der Waals surface area contributed by atoms with Crippen LogP contribution in [0.5, 0.6) is 0 Å². The van der Waals surface area contributed by atoms with Gasteiger partial charge in [0.15, 0.2) is 0 Å². The van der Waals surface area contributed by atoms with E-state index in [1.54, 1.807) is 0 Å². The van der Waals surface area contributed by atoms with E-state index in [4.69, 9.17) is 9.90 Å². The van der Waals surface area contributed by atoms with Crippen LogP contribution in [-0.2, 0) is 4.79 Å². The van der Waals surface area contributed by atoms with Crippen LogP contribution in [0.3, 0.4) is 0 Å². The van der Waals surface area contributed by atoms with Gasteiger partial charge >= 0.3 is 0 Å². The van der Waals surface area contributed by atoms with Crippen molar-refractivity contribution >= 4 is 5.97 Å². The number of carboxylic acids is 1. The fourth-order valence-corrected chi connectivity index (χ4v) is 1.11. The van der Waals surface area contributed by atoms with E-state index in [0.717, 1.165) is 6.92 Å². The normalized spacial score (nSPS) is 8.87. The van der Waals surface area contributed by atoms with E-state index in [9.17, 15) is 0 Å². The maximum absolute atomic E-state index is 9.00. The molecular weight excluding hydrogens is 190 g/mol. The highest BCUT2D eigenvalue weighted by Crippen LogP contribution is 2.05. The fourth-order valence-electron chi connectivity index (χ4n) is 1.11. The maximum Gasteiger partial charge on any atom is 0.300 e. The molecular formula is C12H13NO2. The largest absolute Gasteiger partial charge is 0.481 e. The van der Waals surface area contributed by atoms with Crippen molar-refractivity contribution in [2.45, 2.75) is 6.92 Å². The molecule has 0 atom stereocenters. The highest BCUT2D eigenvalue weighted by atomic mass is 16.4. The second kappa shape index (κ2) is 5.65. The van der Waals surface area contributed by atoms with E-state index in [2.05, 4.69) is 16.7 Å². The van der Waals surface area contributed by atoms with Crippen LogP contribution in [0.4, 0.5) is 0 Å². The van der Waals surface area contributed by atoms with Crippen LogP contribution < -0.4 is 0 Å². The molecule has 0 saturated carbocycles. The molecule has 3 nitrogen and oxygen atoms in total. The fraction of sp³-hybridized carbons (Fsp3) is 0.0833. The molecule has 0 unspecified atom stereocenters. The Morgan fingerprint density at radius 2 is 1.53 bits per heavy atom. The Kier molecular flexibility index (Phi) is 4.16. The predicted molar refractivity (Wildman–Crippen MR) is 59.1 cm³/mol. The first-order valence-corrected chi connectivity index (χ1v) is 4.58. The number of benzene rings is 1. The number of para-hydroxylation sites is 1. The quantitative estimate of drug-likeness (QED) is 0.774. The van der Waals surface area contributed by atoms with Crippen molar-refractivity contribution in [3.8, 4) is 5.69 Å². The van der Waals surface area contributed by atoms with Gasteiger partial charge in [0.2, 0.25) is 0 Å². The van der Waals surface area contributed by atoms with Crippen LogP contribution in [0.1, 0.15) is 6.92 Å². The van der Waals surface area contributed by atoms with Gasteiger partial charge in [-0.05, 0) is 24.3 Å². The van der Waals surface area contributed by atoms with Crippen molar-refractivity contribution in [3.05, 3.63) is 54.9 Å². The lowest BCUT2D eigenvalue weighted by Crippen LogP contribution is -1.86. The summed E-state index contributed by atoms with van der Waals surface area (Å²) in [6.07, 6.45) is 4.07. The Bertz CT molecular complexity index is 389. The van der Waals surface area contributed by atoms with E-state index in [-0.39, 0.29) is 0 Å². The Balaban J connectivity index is 0.000000245. The minimum absolute atomic E-state index is 0.833. The lowest BCUT2D eigenvalue weighted by atomic mass is 10.3. The third-order valence-electron chi connectivity index (χ3n) is 1.66. The topological polar surface area (TPSA) is 42.2 Å². The Labute approximate surface area is 88.6 Å². The third-order valence-corrected chi connectivity index (χ3v) is 1.66. The summed E-state index contributed by atoms with van der Waals surface area (Å²) in [7, 11) is 0. The molecule has 78 valence electrons. The molecule has 2 aromatic rings. The van der Waals surface area contributed by atoms with Gasteiger partial charge in [-0.1, -0.05) is 18.2 Å². The van der Waals surface area contributed by atoms with Gasteiger partial charge in [0.05, 0.1) is 0 Å². The number of carbonyl (C=O) groups is 1. The van der Waals surface area contributed by atoms with Crippen LogP contribution >= 0.6 is 0 Å². The highest BCUT2D eigenvalue weighted by Gasteiger charge is 1.88. The average Bonchev–Trinajstić information content (AvgIpc) is 2.71. The molecule has 0 amide bonds. The van der Waals surface area contributed by atoms with Gasteiger partial charge in [-0.15, -0.1) is 0 Å². The summed E-state index contributed by atoms with van der Waals surface area (Å²) in [5.41, 5.74) is 1.21. The monoisotopic (exact) mass is 203 g/mol. The molecule has 2 rings (SSSR count). The van der Waals surface area contributed by atoms with Gasteiger partial charge < -0.3 is 9.67 Å². The first-order valence-electron chi connectivity index (χ1n) is 4.58. The van der Waals surface area contributed by atoms with Crippen molar-refractivity contribution in [1.29, 1.82) is 0 Å². The molecule has 0 spiro atoms. The van der Waals surface area contributed by atoms with Crippen LogP contribution in [0, 0.1) is 0 Å². The Morgan fingerprint density at radius 1 is 1.07 bits per heavy atom. The first-order chi connectivity index (χ1) is 7.20. The van der Waals surface area contributed by atoms with Crippen molar-refractivity contribution in [1.82, 2.24) is 4.57 Å². The molecule has 15 heavy (non-hydrogen) atoms.